The van der Waals surface area contributed by atoms with E-state index in [1.165, 1.54) is 4.90 Å². The molecule has 8 nitrogen and oxygen atoms in total. The van der Waals surface area contributed by atoms with Gasteiger partial charge >= 0.3 is 0 Å². The summed E-state index contributed by atoms with van der Waals surface area (Å²) in [6, 6.07) is 6.52. The molecule has 2 saturated heterocycles. The molecule has 3 aliphatic rings. The first-order valence-corrected chi connectivity index (χ1v) is 10.0. The molecule has 0 radical (unpaired) electrons. The highest BCUT2D eigenvalue weighted by Crippen LogP contribution is 2.39. The molecule has 0 aromatic heterocycles. The van der Waals surface area contributed by atoms with E-state index in [0.29, 0.717) is 43.8 Å². The number of ketones is 1. The molecule has 1 aromatic rings. The number of nitrogens with zero attached hydrogens (tertiary/aromatic N) is 2. The molecular formula is C21H25N3O5. The van der Waals surface area contributed by atoms with Gasteiger partial charge in [-0.25, -0.2) is 0 Å². The molecule has 8 heteroatoms. The number of Topliss-reactive ketones (excluding diaryl/α,β-unsaturated/α-hetero) is 1. The molecule has 154 valence electrons. The highest BCUT2D eigenvalue weighted by Gasteiger charge is 2.44. The lowest BCUT2D eigenvalue weighted by Crippen LogP contribution is -2.56. The van der Waals surface area contributed by atoms with Crippen LogP contribution in [-0.4, -0.2) is 71.1 Å². The zero-order chi connectivity index (χ0) is 20.6. The first-order valence-electron chi connectivity index (χ1n) is 10.0. The lowest BCUT2D eigenvalue weighted by molar-refractivity contribution is -0.147. The molecule has 4 rings (SSSR count). The van der Waals surface area contributed by atoms with Crippen LogP contribution in [0.2, 0.25) is 0 Å². The van der Waals surface area contributed by atoms with E-state index >= 15 is 0 Å². The Hall–Kier alpha value is -2.90. The van der Waals surface area contributed by atoms with Gasteiger partial charge in [-0.15, -0.1) is 0 Å². The predicted molar refractivity (Wildman–Crippen MR) is 103 cm³/mol. The molecule has 3 heterocycles. The molecule has 2 atom stereocenters. The molecule has 0 saturated carbocycles. The lowest BCUT2D eigenvalue weighted by atomic mass is 9.84. The van der Waals surface area contributed by atoms with Crippen LogP contribution in [0.4, 0.5) is 0 Å². The van der Waals surface area contributed by atoms with Gasteiger partial charge in [-0.1, -0.05) is 12.1 Å². The van der Waals surface area contributed by atoms with Crippen molar-refractivity contribution in [2.45, 2.75) is 44.2 Å². The van der Waals surface area contributed by atoms with Crippen LogP contribution in [0.5, 0.6) is 5.75 Å². The van der Waals surface area contributed by atoms with Crippen molar-refractivity contribution in [3.05, 3.63) is 29.8 Å². The number of fused-ring (bicyclic) bond motifs is 1. The summed E-state index contributed by atoms with van der Waals surface area (Å²) in [6.07, 6.45) is 1.37. The molecule has 0 unspecified atom stereocenters. The summed E-state index contributed by atoms with van der Waals surface area (Å²) in [5, 5.41) is 2.69. The molecule has 0 bridgehead atoms. The van der Waals surface area contributed by atoms with Gasteiger partial charge in [-0.2, -0.15) is 0 Å². The van der Waals surface area contributed by atoms with Crippen LogP contribution < -0.4 is 10.1 Å². The Morgan fingerprint density at radius 3 is 2.76 bits per heavy atom. The smallest absolute Gasteiger partial charge is 0.245 e. The molecular weight excluding hydrogens is 374 g/mol. The number of nitrogens with one attached hydrogen (secondary N) is 1. The number of likely N-dealkylation sites (tertiary alicyclic amines) is 1. The normalized spacial score (nSPS) is 25.8. The second-order valence-corrected chi connectivity index (χ2v) is 8.00. The Morgan fingerprint density at radius 1 is 1.17 bits per heavy atom. The molecule has 1 spiro atoms. The van der Waals surface area contributed by atoms with Gasteiger partial charge in [-0.3, -0.25) is 19.2 Å². The second kappa shape index (κ2) is 7.50. The highest BCUT2D eigenvalue weighted by molar-refractivity contribution is 6.00. The number of benzene rings is 1. The van der Waals surface area contributed by atoms with Crippen molar-refractivity contribution < 1.29 is 23.9 Å². The monoisotopic (exact) mass is 399 g/mol. The zero-order valence-electron chi connectivity index (χ0n) is 16.5. The number of carbonyl (C=O) groups excluding carboxylic acids is 4. The first-order chi connectivity index (χ1) is 13.9. The molecule has 29 heavy (non-hydrogen) atoms. The van der Waals surface area contributed by atoms with Crippen molar-refractivity contribution in [2.24, 2.45) is 0 Å². The van der Waals surface area contributed by atoms with E-state index in [1.807, 2.05) is 12.1 Å². The number of rotatable bonds is 2. The fourth-order valence-corrected chi connectivity index (χ4v) is 4.41. The van der Waals surface area contributed by atoms with Crippen molar-refractivity contribution in [3.8, 4) is 5.75 Å². The van der Waals surface area contributed by atoms with Gasteiger partial charge in [0, 0.05) is 32.5 Å². The van der Waals surface area contributed by atoms with Gasteiger partial charge < -0.3 is 19.9 Å². The Kier molecular flexibility index (Phi) is 5.02. The van der Waals surface area contributed by atoms with Crippen molar-refractivity contribution in [1.29, 1.82) is 0 Å². The topological polar surface area (TPSA) is 96.0 Å². The number of hydrogen-bond acceptors (Lipinski definition) is 5. The molecule has 3 amide bonds. The fourth-order valence-electron chi connectivity index (χ4n) is 4.41. The Morgan fingerprint density at radius 2 is 1.97 bits per heavy atom. The number of carbonyl (C=O) groups is 4. The van der Waals surface area contributed by atoms with E-state index in [2.05, 4.69) is 5.32 Å². The van der Waals surface area contributed by atoms with Crippen LogP contribution in [0, 0.1) is 0 Å². The van der Waals surface area contributed by atoms with E-state index in [9.17, 15) is 19.2 Å². The maximum absolute atomic E-state index is 12.9. The van der Waals surface area contributed by atoms with E-state index in [4.69, 9.17) is 4.74 Å². The summed E-state index contributed by atoms with van der Waals surface area (Å²) in [5.41, 5.74) is -0.138. The van der Waals surface area contributed by atoms with E-state index in [0.717, 1.165) is 0 Å². The Bertz CT molecular complexity index is 870. The number of hydrogen-bond donors (Lipinski definition) is 1. The number of para-hydroxylation sites is 1. The van der Waals surface area contributed by atoms with Crippen LogP contribution in [0.3, 0.4) is 0 Å². The summed E-state index contributed by atoms with van der Waals surface area (Å²) in [7, 11) is 0. The minimum absolute atomic E-state index is 0.0174. The van der Waals surface area contributed by atoms with Crippen molar-refractivity contribution in [1.82, 2.24) is 15.1 Å². The van der Waals surface area contributed by atoms with E-state index in [1.54, 1.807) is 24.0 Å². The molecule has 1 N–H and O–H groups in total. The second-order valence-electron chi connectivity index (χ2n) is 8.00. The third kappa shape index (κ3) is 3.71. The van der Waals surface area contributed by atoms with Crippen LogP contribution >= 0.6 is 0 Å². The maximum atomic E-state index is 12.9. The van der Waals surface area contributed by atoms with Gasteiger partial charge in [0.2, 0.25) is 17.7 Å². The summed E-state index contributed by atoms with van der Waals surface area (Å²) in [5.74, 6) is 0.0456. The predicted octanol–water partition coefficient (Wildman–Crippen LogP) is 0.750. The standard InChI is InChI=1S/C21H25N3O5/c1-14(20(28)23-11-9-22-18(26)13-23)24-10-8-21(7-6-19(24)27)12-16(25)15-4-2-3-5-17(15)29-21/h2-5,14H,6-13H2,1H3,(H,22,26)/t14-,21-/m1/s1. The SMILES string of the molecule is C[C@H](C(=O)N1CCNC(=O)C1)N1CC[C@]2(CCC1=O)CC(=O)c1ccccc1O2. The van der Waals surface area contributed by atoms with E-state index in [-0.39, 0.29) is 42.9 Å². The van der Waals surface area contributed by atoms with Gasteiger partial charge in [-0.05, 0) is 25.5 Å². The molecule has 2 fully saturated rings. The number of piperazine rings is 1. The maximum Gasteiger partial charge on any atom is 0.245 e. The quantitative estimate of drug-likeness (QED) is 0.792. The van der Waals surface area contributed by atoms with Gasteiger partial charge in [0.15, 0.2) is 5.78 Å². The summed E-state index contributed by atoms with van der Waals surface area (Å²) in [6.45, 7) is 2.91. The summed E-state index contributed by atoms with van der Waals surface area (Å²) >= 11 is 0. The lowest BCUT2D eigenvalue weighted by Gasteiger charge is -2.37. The van der Waals surface area contributed by atoms with Crippen LogP contribution in [0.15, 0.2) is 24.3 Å². The summed E-state index contributed by atoms with van der Waals surface area (Å²) in [4.78, 5) is 52.9. The largest absolute Gasteiger partial charge is 0.486 e. The zero-order valence-corrected chi connectivity index (χ0v) is 16.5. The Labute approximate surface area is 169 Å². The Balaban J connectivity index is 1.48. The van der Waals surface area contributed by atoms with Crippen LogP contribution in [0.25, 0.3) is 0 Å². The molecule has 0 aliphatic carbocycles. The van der Waals surface area contributed by atoms with Crippen LogP contribution in [-0.2, 0) is 14.4 Å². The fraction of sp³-hybridized carbons (Fsp3) is 0.524. The van der Waals surface area contributed by atoms with Gasteiger partial charge in [0.1, 0.15) is 17.4 Å². The van der Waals surface area contributed by atoms with Gasteiger partial charge in [0.25, 0.3) is 0 Å². The van der Waals surface area contributed by atoms with Crippen molar-refractivity contribution in [2.75, 3.05) is 26.2 Å². The average Bonchev–Trinajstić information content (AvgIpc) is 2.86. The first kappa shape index (κ1) is 19.4. The minimum Gasteiger partial charge on any atom is -0.486 e. The van der Waals surface area contributed by atoms with Crippen molar-refractivity contribution in [3.63, 3.8) is 0 Å². The third-order valence-corrected chi connectivity index (χ3v) is 6.09. The number of amides is 3. The average molecular weight is 399 g/mol. The highest BCUT2D eigenvalue weighted by atomic mass is 16.5. The molecule has 1 aromatic carbocycles. The minimum atomic E-state index is -0.719. The summed E-state index contributed by atoms with van der Waals surface area (Å²) < 4.78 is 6.23. The third-order valence-electron chi connectivity index (χ3n) is 6.09. The van der Waals surface area contributed by atoms with Crippen LogP contribution in [0.1, 0.15) is 43.0 Å². The van der Waals surface area contributed by atoms with Crippen molar-refractivity contribution >= 4 is 23.5 Å². The van der Waals surface area contributed by atoms with Gasteiger partial charge in [0.05, 0.1) is 18.5 Å². The number of ether oxygens (including phenoxy) is 1. The molecule has 3 aliphatic heterocycles. The van der Waals surface area contributed by atoms with E-state index < -0.39 is 11.6 Å².